The summed E-state index contributed by atoms with van der Waals surface area (Å²) in [5.74, 6) is -0.0124. The monoisotopic (exact) mass is 321 g/mol. The summed E-state index contributed by atoms with van der Waals surface area (Å²) < 4.78 is 0. The molecule has 0 spiro atoms. The number of carboxylic acid groups (broad SMARTS) is 1. The number of carbonyl (C=O) groups is 2. The largest absolute Gasteiger partial charge is 0.478 e. The molecule has 1 aromatic rings. The van der Waals surface area contributed by atoms with Gasteiger partial charge in [-0.15, -0.1) is 0 Å². The number of carboxylic acids is 1. The number of amides is 1. The molecule has 0 bridgehead atoms. The highest BCUT2D eigenvalue weighted by molar-refractivity contribution is 7.99. The molecule has 0 heterocycles. The van der Waals surface area contributed by atoms with Crippen molar-refractivity contribution in [1.82, 2.24) is 5.32 Å². The van der Waals surface area contributed by atoms with Crippen molar-refractivity contribution >= 4 is 23.6 Å². The van der Waals surface area contributed by atoms with Crippen LogP contribution >= 0.6 is 11.8 Å². The number of hydrogen-bond donors (Lipinski definition) is 2. The third kappa shape index (κ3) is 4.50. The first-order chi connectivity index (χ1) is 10.6. The Hall–Kier alpha value is -1.49. The predicted octanol–water partition coefficient (Wildman–Crippen LogP) is 3.11. The van der Waals surface area contributed by atoms with Crippen molar-refractivity contribution in [2.24, 2.45) is 0 Å². The highest BCUT2D eigenvalue weighted by Gasteiger charge is 2.26. The second-order valence-electron chi connectivity index (χ2n) is 5.59. The maximum Gasteiger partial charge on any atom is 0.335 e. The summed E-state index contributed by atoms with van der Waals surface area (Å²) >= 11 is 1.91. The highest BCUT2D eigenvalue weighted by Crippen LogP contribution is 2.28. The maximum absolute atomic E-state index is 12.3. The van der Waals surface area contributed by atoms with Crippen LogP contribution in [0.5, 0.6) is 0 Å². The Labute approximate surface area is 135 Å². The lowest BCUT2D eigenvalue weighted by Gasteiger charge is -2.31. The van der Waals surface area contributed by atoms with Crippen LogP contribution in [0.3, 0.4) is 0 Å². The van der Waals surface area contributed by atoms with Gasteiger partial charge in [-0.3, -0.25) is 4.79 Å². The summed E-state index contributed by atoms with van der Waals surface area (Å²) in [7, 11) is 0. The molecule has 0 saturated heterocycles. The highest BCUT2D eigenvalue weighted by atomic mass is 32.2. The van der Waals surface area contributed by atoms with Crippen LogP contribution in [0.1, 0.15) is 48.5 Å². The average Bonchev–Trinajstić information content (AvgIpc) is 2.50. The molecule has 2 rings (SSSR count). The summed E-state index contributed by atoms with van der Waals surface area (Å²) in [6.45, 7) is 2.14. The molecular weight excluding hydrogens is 298 g/mol. The van der Waals surface area contributed by atoms with Gasteiger partial charge in [-0.2, -0.15) is 11.8 Å². The summed E-state index contributed by atoms with van der Waals surface area (Å²) in [6.07, 6.45) is 4.67. The van der Waals surface area contributed by atoms with Gasteiger partial charge in [0.15, 0.2) is 0 Å². The SMILES string of the molecule is CCSC1CCCCC1NC(=O)Cc1ccccc1C(=O)O. The van der Waals surface area contributed by atoms with Crippen LogP contribution in [0.15, 0.2) is 24.3 Å². The van der Waals surface area contributed by atoms with Gasteiger partial charge in [0.25, 0.3) is 0 Å². The number of hydrogen-bond acceptors (Lipinski definition) is 3. The molecule has 0 aromatic heterocycles. The van der Waals surface area contributed by atoms with Gasteiger partial charge in [0.05, 0.1) is 12.0 Å². The molecule has 0 radical (unpaired) electrons. The molecule has 1 aliphatic rings. The average molecular weight is 321 g/mol. The molecule has 1 amide bonds. The first kappa shape index (κ1) is 16.9. The second-order valence-corrected chi connectivity index (χ2v) is 7.11. The third-order valence-corrected chi connectivity index (χ3v) is 5.35. The lowest BCUT2D eigenvalue weighted by atomic mass is 9.94. The molecule has 120 valence electrons. The van der Waals surface area contributed by atoms with E-state index in [2.05, 4.69) is 12.2 Å². The van der Waals surface area contributed by atoms with E-state index in [1.165, 1.54) is 6.42 Å². The zero-order chi connectivity index (χ0) is 15.9. The van der Waals surface area contributed by atoms with Gasteiger partial charge in [-0.05, 0) is 30.2 Å². The van der Waals surface area contributed by atoms with E-state index < -0.39 is 5.97 Å². The molecule has 1 fully saturated rings. The van der Waals surface area contributed by atoms with Gasteiger partial charge in [0, 0.05) is 11.3 Å². The first-order valence-electron chi connectivity index (χ1n) is 7.84. The standard InChI is InChI=1S/C17H23NO3S/c1-2-22-15-10-6-5-9-14(15)18-16(19)11-12-7-3-4-8-13(12)17(20)21/h3-4,7-8,14-15H,2,5-6,9-11H2,1H3,(H,18,19)(H,20,21). The fourth-order valence-corrected chi connectivity index (χ4v) is 4.19. The Bertz CT molecular complexity index is 530. The van der Waals surface area contributed by atoms with Gasteiger partial charge in [0.2, 0.25) is 5.91 Å². The van der Waals surface area contributed by atoms with E-state index in [9.17, 15) is 14.7 Å². The molecule has 0 aliphatic heterocycles. The quantitative estimate of drug-likeness (QED) is 0.845. The normalized spacial score (nSPS) is 21.3. The maximum atomic E-state index is 12.3. The zero-order valence-corrected chi connectivity index (χ0v) is 13.7. The second kappa shape index (κ2) is 8.22. The van der Waals surface area contributed by atoms with Gasteiger partial charge < -0.3 is 10.4 Å². The van der Waals surface area contributed by atoms with Crippen LogP contribution in [0.2, 0.25) is 0 Å². The lowest BCUT2D eigenvalue weighted by molar-refractivity contribution is -0.121. The molecule has 2 N–H and O–H groups in total. The van der Waals surface area contributed by atoms with Gasteiger partial charge in [-0.25, -0.2) is 4.79 Å². The van der Waals surface area contributed by atoms with Crippen molar-refractivity contribution in [1.29, 1.82) is 0 Å². The van der Waals surface area contributed by atoms with Crippen LogP contribution in [-0.4, -0.2) is 34.0 Å². The molecule has 2 unspecified atom stereocenters. The van der Waals surface area contributed by atoms with E-state index in [0.717, 1.165) is 25.0 Å². The predicted molar refractivity (Wildman–Crippen MR) is 89.4 cm³/mol. The van der Waals surface area contributed by atoms with E-state index in [-0.39, 0.29) is 23.9 Å². The van der Waals surface area contributed by atoms with Crippen molar-refractivity contribution in [3.05, 3.63) is 35.4 Å². The van der Waals surface area contributed by atoms with Crippen molar-refractivity contribution < 1.29 is 14.7 Å². The fraction of sp³-hybridized carbons (Fsp3) is 0.529. The van der Waals surface area contributed by atoms with Crippen molar-refractivity contribution in [3.8, 4) is 0 Å². The molecule has 1 saturated carbocycles. The molecule has 1 aromatic carbocycles. The minimum Gasteiger partial charge on any atom is -0.478 e. The van der Waals surface area contributed by atoms with Gasteiger partial charge >= 0.3 is 5.97 Å². The number of nitrogens with one attached hydrogen (secondary N) is 1. The number of aromatic carboxylic acids is 1. The Kier molecular flexibility index (Phi) is 6.31. The van der Waals surface area contributed by atoms with Crippen LogP contribution < -0.4 is 5.32 Å². The summed E-state index contributed by atoms with van der Waals surface area (Å²) in [5, 5.41) is 12.8. The number of thioether (sulfide) groups is 1. The Morgan fingerprint density at radius 2 is 2.00 bits per heavy atom. The number of benzene rings is 1. The minimum absolute atomic E-state index is 0.0812. The van der Waals surface area contributed by atoms with Crippen molar-refractivity contribution in [2.75, 3.05) is 5.75 Å². The van der Waals surface area contributed by atoms with Crippen molar-refractivity contribution in [3.63, 3.8) is 0 Å². The minimum atomic E-state index is -0.986. The summed E-state index contributed by atoms with van der Waals surface area (Å²) in [5.41, 5.74) is 0.781. The van der Waals surface area contributed by atoms with Crippen LogP contribution in [0, 0.1) is 0 Å². The topological polar surface area (TPSA) is 66.4 Å². The molecule has 4 nitrogen and oxygen atoms in total. The van der Waals surface area contributed by atoms with E-state index in [0.29, 0.717) is 10.8 Å². The van der Waals surface area contributed by atoms with E-state index in [4.69, 9.17) is 0 Å². The van der Waals surface area contributed by atoms with E-state index in [1.807, 2.05) is 11.8 Å². The van der Waals surface area contributed by atoms with E-state index >= 15 is 0 Å². The molecule has 5 heteroatoms. The van der Waals surface area contributed by atoms with Crippen LogP contribution in [-0.2, 0) is 11.2 Å². The summed E-state index contributed by atoms with van der Waals surface area (Å²) in [6, 6.07) is 6.91. The zero-order valence-electron chi connectivity index (χ0n) is 12.9. The molecule has 22 heavy (non-hydrogen) atoms. The van der Waals surface area contributed by atoms with Crippen LogP contribution in [0.4, 0.5) is 0 Å². The van der Waals surface area contributed by atoms with E-state index in [1.54, 1.807) is 24.3 Å². The van der Waals surface area contributed by atoms with Gasteiger partial charge in [-0.1, -0.05) is 38.0 Å². The first-order valence-corrected chi connectivity index (χ1v) is 8.89. The third-order valence-electron chi connectivity index (χ3n) is 4.03. The number of carbonyl (C=O) groups excluding carboxylic acids is 1. The lowest BCUT2D eigenvalue weighted by Crippen LogP contribution is -2.44. The Balaban J connectivity index is 1.99. The van der Waals surface area contributed by atoms with Gasteiger partial charge in [0.1, 0.15) is 0 Å². The molecule has 2 atom stereocenters. The summed E-state index contributed by atoms with van der Waals surface area (Å²) in [4.78, 5) is 23.5. The fourth-order valence-electron chi connectivity index (χ4n) is 2.99. The smallest absolute Gasteiger partial charge is 0.335 e. The van der Waals surface area contributed by atoms with Crippen LogP contribution in [0.25, 0.3) is 0 Å². The molecule has 1 aliphatic carbocycles. The Morgan fingerprint density at radius 1 is 1.27 bits per heavy atom. The van der Waals surface area contributed by atoms with Crippen molar-refractivity contribution in [2.45, 2.75) is 50.3 Å². The Morgan fingerprint density at radius 3 is 2.73 bits per heavy atom. The molecular formula is C17H23NO3S. The number of rotatable bonds is 6.